The fourth-order valence-corrected chi connectivity index (χ4v) is 2.42. The van der Waals surface area contributed by atoms with Gasteiger partial charge in [0.2, 0.25) is 0 Å². The van der Waals surface area contributed by atoms with Gasteiger partial charge in [-0.15, -0.1) is 0 Å². The van der Waals surface area contributed by atoms with Crippen molar-refractivity contribution in [1.29, 1.82) is 0 Å². The van der Waals surface area contributed by atoms with Crippen LogP contribution in [-0.2, 0) is 0 Å². The number of benzene rings is 1. The molecular weight excluding hydrogens is 224 g/mol. The molecule has 2 aromatic heterocycles. The van der Waals surface area contributed by atoms with E-state index in [9.17, 15) is 4.79 Å². The standard InChI is InChI=1S/C15H14N2O/c1-9-3-5-12-14(7-9)16-10(2)15(12)13-6-4-11(8-18)17-13/h3-8,16-17H,1-2H3. The Kier molecular flexibility index (Phi) is 2.33. The normalized spacial score (nSPS) is 11.0. The number of H-pyrrole nitrogens is 2. The van der Waals surface area contributed by atoms with Crippen LogP contribution in [0.15, 0.2) is 30.3 Å². The molecule has 0 bridgehead atoms. The van der Waals surface area contributed by atoms with Crippen molar-refractivity contribution in [1.82, 2.24) is 9.97 Å². The van der Waals surface area contributed by atoms with E-state index in [1.165, 1.54) is 10.9 Å². The van der Waals surface area contributed by atoms with Crippen LogP contribution < -0.4 is 0 Å². The Bertz CT molecular complexity index is 734. The van der Waals surface area contributed by atoms with Gasteiger partial charge in [0.25, 0.3) is 0 Å². The van der Waals surface area contributed by atoms with Crippen LogP contribution in [0, 0.1) is 13.8 Å². The first kappa shape index (κ1) is 10.8. The third-order valence-electron chi connectivity index (χ3n) is 3.25. The number of aldehydes is 1. The van der Waals surface area contributed by atoms with Gasteiger partial charge in [-0.25, -0.2) is 0 Å². The van der Waals surface area contributed by atoms with E-state index in [1.54, 1.807) is 6.07 Å². The average Bonchev–Trinajstić information content (AvgIpc) is 2.91. The van der Waals surface area contributed by atoms with E-state index in [0.717, 1.165) is 28.8 Å². The molecule has 3 aromatic rings. The smallest absolute Gasteiger partial charge is 0.166 e. The van der Waals surface area contributed by atoms with E-state index in [-0.39, 0.29) is 0 Å². The Morgan fingerprint density at radius 1 is 1.06 bits per heavy atom. The summed E-state index contributed by atoms with van der Waals surface area (Å²) in [6, 6.07) is 10.1. The van der Waals surface area contributed by atoms with Gasteiger partial charge in [-0.05, 0) is 37.6 Å². The van der Waals surface area contributed by atoms with Crippen molar-refractivity contribution in [3.63, 3.8) is 0 Å². The molecule has 0 radical (unpaired) electrons. The van der Waals surface area contributed by atoms with Crippen molar-refractivity contribution in [3.05, 3.63) is 47.3 Å². The number of aromatic amines is 2. The highest BCUT2D eigenvalue weighted by Gasteiger charge is 2.11. The van der Waals surface area contributed by atoms with Crippen LogP contribution in [0.1, 0.15) is 21.7 Å². The zero-order valence-electron chi connectivity index (χ0n) is 10.4. The van der Waals surface area contributed by atoms with Crippen LogP contribution in [0.3, 0.4) is 0 Å². The Balaban J connectivity index is 2.27. The molecular formula is C15H14N2O. The van der Waals surface area contributed by atoms with Crippen LogP contribution >= 0.6 is 0 Å². The number of rotatable bonds is 2. The second-order valence-corrected chi connectivity index (χ2v) is 4.62. The number of aromatic nitrogens is 2. The highest BCUT2D eigenvalue weighted by atomic mass is 16.1. The highest BCUT2D eigenvalue weighted by Crippen LogP contribution is 2.31. The lowest BCUT2D eigenvalue weighted by atomic mass is 10.1. The second-order valence-electron chi connectivity index (χ2n) is 4.62. The summed E-state index contributed by atoms with van der Waals surface area (Å²) in [4.78, 5) is 17.3. The molecule has 0 aliphatic rings. The van der Waals surface area contributed by atoms with Gasteiger partial charge in [0.1, 0.15) is 0 Å². The lowest BCUT2D eigenvalue weighted by molar-refractivity contribution is 0.111. The van der Waals surface area contributed by atoms with Crippen molar-refractivity contribution >= 4 is 17.2 Å². The van der Waals surface area contributed by atoms with E-state index in [1.807, 2.05) is 13.0 Å². The zero-order chi connectivity index (χ0) is 12.7. The monoisotopic (exact) mass is 238 g/mol. The molecule has 90 valence electrons. The fourth-order valence-electron chi connectivity index (χ4n) is 2.42. The Morgan fingerprint density at radius 3 is 2.61 bits per heavy atom. The minimum atomic E-state index is 0.603. The molecule has 0 atom stereocenters. The summed E-state index contributed by atoms with van der Waals surface area (Å²) in [5.74, 6) is 0. The molecule has 0 spiro atoms. The van der Waals surface area contributed by atoms with Gasteiger partial charge in [0.05, 0.1) is 5.69 Å². The van der Waals surface area contributed by atoms with Crippen molar-refractivity contribution in [3.8, 4) is 11.3 Å². The van der Waals surface area contributed by atoms with E-state index in [4.69, 9.17) is 0 Å². The van der Waals surface area contributed by atoms with Crippen LogP contribution in [0.2, 0.25) is 0 Å². The third-order valence-corrected chi connectivity index (χ3v) is 3.25. The number of carbonyl (C=O) groups excluding carboxylic acids is 1. The summed E-state index contributed by atoms with van der Waals surface area (Å²) >= 11 is 0. The molecule has 0 aliphatic carbocycles. The van der Waals surface area contributed by atoms with E-state index >= 15 is 0 Å². The maximum atomic E-state index is 10.7. The SMILES string of the molecule is Cc1ccc2c(-c3ccc(C=O)[nH]3)c(C)[nH]c2c1. The summed E-state index contributed by atoms with van der Waals surface area (Å²) < 4.78 is 0. The average molecular weight is 238 g/mol. The summed E-state index contributed by atoms with van der Waals surface area (Å²) in [5.41, 5.74) is 6.18. The number of hydrogen-bond donors (Lipinski definition) is 2. The van der Waals surface area contributed by atoms with Gasteiger partial charge < -0.3 is 9.97 Å². The molecule has 1 aromatic carbocycles. The van der Waals surface area contributed by atoms with Gasteiger partial charge in [0.15, 0.2) is 6.29 Å². The molecule has 0 fully saturated rings. The Labute approximate surface area is 105 Å². The molecule has 3 nitrogen and oxygen atoms in total. The van der Waals surface area contributed by atoms with Crippen LogP contribution in [0.4, 0.5) is 0 Å². The second kappa shape index (κ2) is 3.88. The van der Waals surface area contributed by atoms with Crippen molar-refractivity contribution in [2.75, 3.05) is 0 Å². The van der Waals surface area contributed by atoms with E-state index in [0.29, 0.717) is 5.69 Å². The summed E-state index contributed by atoms with van der Waals surface area (Å²) in [6.45, 7) is 4.13. The first-order chi connectivity index (χ1) is 8.69. The molecule has 2 N–H and O–H groups in total. The predicted octanol–water partition coefficient (Wildman–Crippen LogP) is 3.59. The van der Waals surface area contributed by atoms with Gasteiger partial charge in [0, 0.05) is 27.9 Å². The van der Waals surface area contributed by atoms with Crippen molar-refractivity contribution in [2.45, 2.75) is 13.8 Å². The number of carbonyl (C=O) groups is 1. The summed E-state index contributed by atoms with van der Waals surface area (Å²) in [6.07, 6.45) is 0.831. The number of aryl methyl sites for hydroxylation is 2. The lowest BCUT2D eigenvalue weighted by Gasteiger charge is -1.98. The maximum absolute atomic E-state index is 10.7. The molecule has 3 rings (SSSR count). The number of fused-ring (bicyclic) bond motifs is 1. The first-order valence-corrected chi connectivity index (χ1v) is 5.92. The Hall–Kier alpha value is -2.29. The number of hydrogen-bond acceptors (Lipinski definition) is 1. The fraction of sp³-hybridized carbons (Fsp3) is 0.133. The number of nitrogens with one attached hydrogen (secondary N) is 2. The first-order valence-electron chi connectivity index (χ1n) is 5.92. The molecule has 3 heteroatoms. The largest absolute Gasteiger partial charge is 0.358 e. The Morgan fingerprint density at radius 2 is 1.89 bits per heavy atom. The molecule has 0 aliphatic heterocycles. The molecule has 0 saturated carbocycles. The van der Waals surface area contributed by atoms with E-state index < -0.39 is 0 Å². The maximum Gasteiger partial charge on any atom is 0.166 e. The van der Waals surface area contributed by atoms with E-state index in [2.05, 4.69) is 35.1 Å². The predicted molar refractivity (Wildman–Crippen MR) is 72.9 cm³/mol. The molecule has 0 unspecified atom stereocenters. The van der Waals surface area contributed by atoms with Crippen molar-refractivity contribution < 1.29 is 4.79 Å². The summed E-state index contributed by atoms with van der Waals surface area (Å²) in [7, 11) is 0. The molecule has 18 heavy (non-hydrogen) atoms. The zero-order valence-corrected chi connectivity index (χ0v) is 10.4. The van der Waals surface area contributed by atoms with Crippen LogP contribution in [0.25, 0.3) is 22.2 Å². The minimum absolute atomic E-state index is 0.603. The molecule has 0 amide bonds. The summed E-state index contributed by atoms with van der Waals surface area (Å²) in [5, 5.41) is 1.18. The molecule has 2 heterocycles. The topological polar surface area (TPSA) is 48.6 Å². The van der Waals surface area contributed by atoms with Crippen molar-refractivity contribution in [2.24, 2.45) is 0 Å². The minimum Gasteiger partial charge on any atom is -0.358 e. The van der Waals surface area contributed by atoms with Gasteiger partial charge >= 0.3 is 0 Å². The van der Waals surface area contributed by atoms with Gasteiger partial charge in [-0.3, -0.25) is 4.79 Å². The highest BCUT2D eigenvalue weighted by molar-refractivity contribution is 5.97. The van der Waals surface area contributed by atoms with Gasteiger partial charge in [-0.2, -0.15) is 0 Å². The quantitative estimate of drug-likeness (QED) is 0.658. The van der Waals surface area contributed by atoms with Crippen LogP contribution in [0.5, 0.6) is 0 Å². The van der Waals surface area contributed by atoms with Crippen LogP contribution in [-0.4, -0.2) is 16.3 Å². The third kappa shape index (κ3) is 1.56. The lowest BCUT2D eigenvalue weighted by Crippen LogP contribution is -1.82. The van der Waals surface area contributed by atoms with Gasteiger partial charge in [-0.1, -0.05) is 12.1 Å². The molecule has 0 saturated heterocycles.